The van der Waals surface area contributed by atoms with Crippen molar-refractivity contribution in [2.24, 2.45) is 11.7 Å². The minimum atomic E-state index is -0.552. The molecular weight excluding hydrogens is 417 g/mol. The third kappa shape index (κ3) is 2.44. The maximum absolute atomic E-state index is 12.1. The number of hydrogen-bond donors (Lipinski definition) is 1. The topological polar surface area (TPSA) is 68.5 Å². The highest BCUT2D eigenvalue weighted by Gasteiger charge is 2.60. The van der Waals surface area contributed by atoms with Gasteiger partial charge in [0.2, 0.25) is 0 Å². The highest BCUT2D eigenvalue weighted by molar-refractivity contribution is 9.10. The van der Waals surface area contributed by atoms with Gasteiger partial charge in [-0.25, -0.2) is 9.78 Å². The van der Waals surface area contributed by atoms with Gasteiger partial charge in [-0.3, -0.25) is 4.90 Å². The molecule has 2 aliphatic rings. The van der Waals surface area contributed by atoms with E-state index in [2.05, 4.69) is 20.9 Å². The molecular formula is C16H12BrCl2N3O2. The first-order valence-corrected chi connectivity index (χ1v) is 8.85. The number of urea groups is 1. The zero-order chi connectivity index (χ0) is 17.0. The van der Waals surface area contributed by atoms with Crippen LogP contribution in [0.5, 0.6) is 5.75 Å². The number of hydrogen-bond acceptors (Lipinski definition) is 3. The Hall–Kier alpha value is -1.50. The van der Waals surface area contributed by atoms with E-state index in [1.165, 1.54) is 4.90 Å². The summed E-state index contributed by atoms with van der Waals surface area (Å²) in [5.41, 5.74) is 6.47. The van der Waals surface area contributed by atoms with Crippen molar-refractivity contribution < 1.29 is 9.53 Å². The Kier molecular flexibility index (Phi) is 3.86. The molecule has 1 aromatic carbocycles. The van der Waals surface area contributed by atoms with Crippen LogP contribution >= 0.6 is 39.1 Å². The van der Waals surface area contributed by atoms with Crippen LogP contribution in [-0.4, -0.2) is 23.7 Å². The Morgan fingerprint density at radius 3 is 2.71 bits per heavy atom. The van der Waals surface area contributed by atoms with E-state index in [1.807, 2.05) is 6.07 Å². The van der Waals surface area contributed by atoms with Crippen molar-refractivity contribution in [2.45, 2.75) is 12.0 Å². The summed E-state index contributed by atoms with van der Waals surface area (Å²) in [6, 6.07) is 6.33. The third-order valence-corrected chi connectivity index (χ3v) is 5.57. The Bertz CT molecular complexity index is 831. The van der Waals surface area contributed by atoms with Crippen LogP contribution in [0.4, 0.5) is 10.6 Å². The molecule has 24 heavy (non-hydrogen) atoms. The molecule has 0 spiro atoms. The van der Waals surface area contributed by atoms with Gasteiger partial charge in [0.05, 0.1) is 17.7 Å². The maximum atomic E-state index is 12.1. The minimum Gasteiger partial charge on any atom is -0.491 e. The molecule has 1 aromatic heterocycles. The Morgan fingerprint density at radius 1 is 1.29 bits per heavy atom. The van der Waals surface area contributed by atoms with Gasteiger partial charge in [-0.1, -0.05) is 23.2 Å². The second-order valence-corrected chi connectivity index (χ2v) is 7.54. The molecule has 1 aliphatic carbocycles. The molecule has 124 valence electrons. The van der Waals surface area contributed by atoms with Crippen LogP contribution in [0.1, 0.15) is 11.5 Å². The van der Waals surface area contributed by atoms with E-state index in [0.717, 1.165) is 10.0 Å². The second kappa shape index (κ2) is 5.79. The Labute approximate surface area is 156 Å². The predicted molar refractivity (Wildman–Crippen MR) is 96.0 cm³/mol. The van der Waals surface area contributed by atoms with E-state index in [-0.39, 0.29) is 17.9 Å². The largest absolute Gasteiger partial charge is 0.491 e. The third-order valence-electron chi connectivity index (χ3n) is 4.47. The van der Waals surface area contributed by atoms with Gasteiger partial charge >= 0.3 is 6.03 Å². The van der Waals surface area contributed by atoms with Gasteiger partial charge in [-0.15, -0.1) is 0 Å². The molecule has 5 nitrogen and oxygen atoms in total. The lowest BCUT2D eigenvalue weighted by Gasteiger charge is -2.20. The normalized spacial score (nSPS) is 23.7. The molecule has 2 heterocycles. The number of pyridine rings is 1. The molecule has 2 N–H and O–H groups in total. The van der Waals surface area contributed by atoms with Gasteiger partial charge in [-0.2, -0.15) is 0 Å². The number of rotatable bonds is 2. The highest BCUT2D eigenvalue weighted by Crippen LogP contribution is 2.60. The van der Waals surface area contributed by atoms with E-state index in [1.54, 1.807) is 24.4 Å². The average molecular weight is 429 g/mol. The van der Waals surface area contributed by atoms with Gasteiger partial charge in [0.25, 0.3) is 0 Å². The summed E-state index contributed by atoms with van der Waals surface area (Å²) in [7, 11) is 0. The summed E-state index contributed by atoms with van der Waals surface area (Å²) in [5.74, 6) is 1.26. The number of benzene rings is 1. The summed E-state index contributed by atoms with van der Waals surface area (Å²) >= 11 is 15.9. The maximum Gasteiger partial charge on any atom is 0.320 e. The number of nitrogens with zero attached hydrogens (tertiary/aromatic N) is 2. The van der Waals surface area contributed by atoms with E-state index in [9.17, 15) is 4.79 Å². The monoisotopic (exact) mass is 427 g/mol. The number of carbonyl (C=O) groups is 1. The fourth-order valence-electron chi connectivity index (χ4n) is 3.40. The van der Waals surface area contributed by atoms with Gasteiger partial charge in [0, 0.05) is 33.1 Å². The molecule has 0 radical (unpaired) electrons. The lowest BCUT2D eigenvalue weighted by Crippen LogP contribution is -2.39. The lowest BCUT2D eigenvalue weighted by molar-refractivity contribution is 0.252. The number of halogens is 3. The number of ether oxygens (including phenoxy) is 1. The number of aromatic nitrogens is 1. The first-order chi connectivity index (χ1) is 11.5. The molecule has 4 rings (SSSR count). The van der Waals surface area contributed by atoms with E-state index < -0.39 is 6.03 Å². The van der Waals surface area contributed by atoms with Gasteiger partial charge in [0.1, 0.15) is 11.6 Å². The lowest BCUT2D eigenvalue weighted by atomic mass is 10.1. The number of nitrogens with two attached hydrogens (primary N) is 1. The van der Waals surface area contributed by atoms with E-state index in [4.69, 9.17) is 33.7 Å². The van der Waals surface area contributed by atoms with E-state index in [0.29, 0.717) is 28.2 Å². The smallest absolute Gasteiger partial charge is 0.320 e. The summed E-state index contributed by atoms with van der Waals surface area (Å²) in [6.07, 6.45) is 1.63. The summed E-state index contributed by atoms with van der Waals surface area (Å²) in [6.45, 7) is 0.461. The zero-order valence-corrected chi connectivity index (χ0v) is 15.3. The van der Waals surface area contributed by atoms with Crippen LogP contribution in [0, 0.1) is 5.92 Å². The zero-order valence-electron chi connectivity index (χ0n) is 12.2. The summed E-state index contributed by atoms with van der Waals surface area (Å²) in [5, 5.41) is 1.10. The van der Waals surface area contributed by atoms with Gasteiger partial charge in [0.15, 0.2) is 0 Å². The average Bonchev–Trinajstić information content (AvgIpc) is 3.26. The number of fused-ring (bicyclic) bond motifs is 3. The quantitative estimate of drug-likeness (QED) is 0.778. The van der Waals surface area contributed by atoms with Crippen LogP contribution in [0.25, 0.3) is 0 Å². The first-order valence-electron chi connectivity index (χ1n) is 7.30. The van der Waals surface area contributed by atoms with Crippen molar-refractivity contribution >= 4 is 51.0 Å². The molecule has 2 amide bonds. The molecule has 3 atom stereocenters. The summed E-state index contributed by atoms with van der Waals surface area (Å²) in [4.78, 5) is 17.9. The SMILES string of the molecule is NC(=O)N(c1ccc(Br)cn1)C1[C@H]2COc3c(Cl)ccc(Cl)c3[C@@H]12. The molecule has 0 bridgehead atoms. The molecule has 1 aliphatic heterocycles. The van der Waals surface area contributed by atoms with Crippen LogP contribution in [0.3, 0.4) is 0 Å². The Morgan fingerprint density at radius 2 is 2.04 bits per heavy atom. The summed E-state index contributed by atoms with van der Waals surface area (Å²) < 4.78 is 6.61. The number of anilines is 1. The van der Waals surface area contributed by atoms with Gasteiger partial charge in [-0.05, 0) is 40.2 Å². The van der Waals surface area contributed by atoms with Crippen molar-refractivity contribution in [1.82, 2.24) is 4.98 Å². The number of primary amides is 1. The molecule has 1 unspecified atom stereocenters. The van der Waals surface area contributed by atoms with Crippen molar-refractivity contribution in [3.05, 3.63) is 50.5 Å². The molecule has 0 saturated heterocycles. The van der Waals surface area contributed by atoms with Crippen LogP contribution in [-0.2, 0) is 0 Å². The van der Waals surface area contributed by atoms with Crippen molar-refractivity contribution in [1.29, 1.82) is 0 Å². The van der Waals surface area contributed by atoms with Crippen LogP contribution < -0.4 is 15.4 Å². The molecule has 1 saturated carbocycles. The molecule has 8 heteroatoms. The second-order valence-electron chi connectivity index (χ2n) is 5.81. The predicted octanol–water partition coefficient (Wildman–Crippen LogP) is 4.21. The van der Waals surface area contributed by atoms with Gasteiger partial charge < -0.3 is 10.5 Å². The van der Waals surface area contributed by atoms with Crippen LogP contribution in [0.2, 0.25) is 10.0 Å². The Balaban J connectivity index is 1.74. The minimum absolute atomic E-state index is 0.0397. The highest BCUT2D eigenvalue weighted by atomic mass is 79.9. The molecule has 2 aromatic rings. The number of amides is 2. The standard InChI is InChI=1S/C16H12BrCl2N3O2/c17-7-1-4-11(21-5-7)22(16(20)23)14-8-6-24-15-10(19)3-2-9(18)13(15)12(8)14/h1-5,8,12,14H,6H2,(H2,20,23)/t8-,12-,14?/m0/s1. The fraction of sp³-hybridized carbons (Fsp3) is 0.250. The molecule has 1 fully saturated rings. The van der Waals surface area contributed by atoms with Crippen LogP contribution in [0.15, 0.2) is 34.9 Å². The fourth-order valence-corrected chi connectivity index (χ4v) is 4.13. The van der Waals surface area contributed by atoms with E-state index >= 15 is 0 Å². The van der Waals surface area contributed by atoms with Crippen molar-refractivity contribution in [3.63, 3.8) is 0 Å². The number of carbonyl (C=O) groups excluding carboxylic acids is 1. The van der Waals surface area contributed by atoms with Crippen molar-refractivity contribution in [2.75, 3.05) is 11.5 Å². The van der Waals surface area contributed by atoms with Crippen molar-refractivity contribution in [3.8, 4) is 5.75 Å². The first kappa shape index (κ1) is 16.0.